The second-order valence-corrected chi connectivity index (χ2v) is 7.73. The topological polar surface area (TPSA) is 256 Å². The third-order valence-electron chi connectivity index (χ3n) is 5.35. The van der Waals surface area contributed by atoms with Crippen LogP contribution in [0.25, 0.3) is 0 Å². The van der Waals surface area contributed by atoms with E-state index in [0.717, 1.165) is 6.92 Å². The average Bonchev–Trinajstić information content (AvgIpc) is 2.73. The number of carboxylic acid groups (broad SMARTS) is 1. The largest absolute Gasteiger partial charge is 0.477 e. The summed E-state index contributed by atoms with van der Waals surface area (Å²) in [7, 11) is 0. The molecule has 0 aromatic rings. The van der Waals surface area contributed by atoms with Crippen molar-refractivity contribution in [3.8, 4) is 0 Å². The summed E-state index contributed by atoms with van der Waals surface area (Å²) in [4.78, 5) is 23.5. The molecule has 0 saturated carbocycles. The molecule has 0 bridgehead atoms. The van der Waals surface area contributed by atoms with Crippen LogP contribution in [0.5, 0.6) is 0 Å². The maximum Gasteiger partial charge on any atom is 0.364 e. The Bertz CT molecular complexity index is 665. The van der Waals surface area contributed by atoms with Crippen LogP contribution in [0.2, 0.25) is 0 Å². The fourth-order valence-electron chi connectivity index (χ4n) is 3.56. The van der Waals surface area contributed by atoms with Crippen molar-refractivity contribution in [3.05, 3.63) is 0 Å². The van der Waals surface area contributed by atoms with E-state index in [9.17, 15) is 50.4 Å². The fourth-order valence-corrected chi connectivity index (χ4v) is 3.56. The van der Waals surface area contributed by atoms with Crippen molar-refractivity contribution in [2.75, 3.05) is 13.2 Å². The lowest BCUT2D eigenvalue weighted by Crippen LogP contribution is -2.68. The van der Waals surface area contributed by atoms with Gasteiger partial charge < -0.3 is 65.5 Å². The van der Waals surface area contributed by atoms with Crippen molar-refractivity contribution in [3.63, 3.8) is 0 Å². The molecule has 2 saturated heterocycles. The van der Waals surface area contributed by atoms with E-state index in [4.69, 9.17) is 19.3 Å². The van der Waals surface area contributed by atoms with Gasteiger partial charge in [0.25, 0.3) is 5.79 Å². The number of carbonyl (C=O) groups is 2. The minimum Gasteiger partial charge on any atom is -0.477 e. The molecule has 2 aliphatic rings. The molecule has 0 spiro atoms. The van der Waals surface area contributed by atoms with E-state index >= 15 is 0 Å². The molecular formula is C17H29NO14. The maximum absolute atomic E-state index is 12.0. The Morgan fingerprint density at radius 2 is 1.75 bits per heavy atom. The van der Waals surface area contributed by atoms with Crippen molar-refractivity contribution >= 4 is 11.9 Å². The van der Waals surface area contributed by atoms with Crippen LogP contribution >= 0.6 is 0 Å². The molecule has 1 amide bonds. The summed E-state index contributed by atoms with van der Waals surface area (Å²) < 4.78 is 15.5. The first kappa shape index (κ1) is 26.7. The zero-order valence-corrected chi connectivity index (χ0v) is 17.0. The number of aliphatic hydroxyl groups is 8. The highest BCUT2D eigenvalue weighted by Gasteiger charge is 2.56. The van der Waals surface area contributed by atoms with Crippen LogP contribution in [0.15, 0.2) is 0 Å². The summed E-state index contributed by atoms with van der Waals surface area (Å²) in [6.45, 7) is -0.691. The molecule has 0 radical (unpaired) electrons. The molecule has 32 heavy (non-hydrogen) atoms. The summed E-state index contributed by atoms with van der Waals surface area (Å²) >= 11 is 0. The number of aliphatic hydroxyl groups excluding tert-OH is 8. The first-order valence-corrected chi connectivity index (χ1v) is 9.69. The highest BCUT2D eigenvalue weighted by molar-refractivity contribution is 5.76. The maximum atomic E-state index is 12.0. The third-order valence-corrected chi connectivity index (χ3v) is 5.35. The molecule has 2 heterocycles. The van der Waals surface area contributed by atoms with Gasteiger partial charge in [0.1, 0.15) is 42.7 Å². The number of carbonyl (C=O) groups excluding carboxylic acids is 1. The number of hydrogen-bond donors (Lipinski definition) is 10. The van der Waals surface area contributed by atoms with E-state index in [0.29, 0.717) is 0 Å². The number of ether oxygens (including phenoxy) is 3. The summed E-state index contributed by atoms with van der Waals surface area (Å²) in [6, 6.07) is -1.39. The smallest absolute Gasteiger partial charge is 0.364 e. The van der Waals surface area contributed by atoms with E-state index in [-0.39, 0.29) is 0 Å². The van der Waals surface area contributed by atoms with Gasteiger partial charge >= 0.3 is 5.97 Å². The van der Waals surface area contributed by atoms with E-state index in [1.807, 2.05) is 0 Å². The molecule has 2 fully saturated rings. The predicted molar refractivity (Wildman–Crippen MR) is 97.4 cm³/mol. The van der Waals surface area contributed by atoms with Crippen LogP contribution in [0.4, 0.5) is 0 Å². The average molecular weight is 471 g/mol. The zero-order chi connectivity index (χ0) is 24.4. The van der Waals surface area contributed by atoms with E-state index in [2.05, 4.69) is 5.32 Å². The Morgan fingerprint density at radius 1 is 1.12 bits per heavy atom. The van der Waals surface area contributed by atoms with Crippen LogP contribution in [-0.4, -0.2) is 138 Å². The quantitative estimate of drug-likeness (QED) is 0.158. The Morgan fingerprint density at radius 3 is 2.28 bits per heavy atom. The minimum atomic E-state index is -2.69. The van der Waals surface area contributed by atoms with Crippen LogP contribution in [0, 0.1) is 0 Å². The Kier molecular flexibility index (Phi) is 8.88. The molecule has 0 aromatic heterocycles. The lowest BCUT2D eigenvalue weighted by Gasteiger charge is -2.47. The molecule has 2 rings (SSSR count). The number of nitrogens with one attached hydrogen (secondary N) is 1. The Balaban J connectivity index is 2.27. The van der Waals surface area contributed by atoms with Gasteiger partial charge in [-0.15, -0.1) is 0 Å². The number of amides is 1. The minimum absolute atomic E-state index is 0.669. The van der Waals surface area contributed by atoms with Gasteiger partial charge in [0.05, 0.1) is 25.4 Å². The van der Waals surface area contributed by atoms with Gasteiger partial charge in [-0.05, 0) is 0 Å². The van der Waals surface area contributed by atoms with Crippen molar-refractivity contribution < 1.29 is 69.8 Å². The summed E-state index contributed by atoms with van der Waals surface area (Å²) in [6.07, 6.45) is -16.9. The molecule has 1 unspecified atom stereocenters. The van der Waals surface area contributed by atoms with E-state index in [1.54, 1.807) is 0 Å². The molecule has 186 valence electrons. The van der Waals surface area contributed by atoms with Gasteiger partial charge in [-0.25, -0.2) is 4.79 Å². The number of hydrogen-bond acceptors (Lipinski definition) is 13. The normalized spacial score (nSPS) is 42.2. The van der Waals surface area contributed by atoms with E-state index < -0.39 is 98.5 Å². The van der Waals surface area contributed by atoms with Crippen molar-refractivity contribution in [1.29, 1.82) is 0 Å². The first-order chi connectivity index (χ1) is 14.8. The van der Waals surface area contributed by atoms with Crippen molar-refractivity contribution in [1.82, 2.24) is 5.32 Å². The molecule has 0 aliphatic carbocycles. The summed E-state index contributed by atoms with van der Waals surface area (Å²) in [5, 5.41) is 90.6. The van der Waals surface area contributed by atoms with Crippen LogP contribution < -0.4 is 5.32 Å². The molecular weight excluding hydrogens is 442 g/mol. The van der Waals surface area contributed by atoms with Gasteiger partial charge in [0.2, 0.25) is 5.91 Å². The van der Waals surface area contributed by atoms with Crippen molar-refractivity contribution in [2.24, 2.45) is 0 Å². The fraction of sp³-hybridized carbons (Fsp3) is 0.882. The zero-order valence-electron chi connectivity index (χ0n) is 17.0. The van der Waals surface area contributed by atoms with Gasteiger partial charge in [-0.3, -0.25) is 4.79 Å². The predicted octanol–water partition coefficient (Wildman–Crippen LogP) is -6.05. The highest BCUT2D eigenvalue weighted by Crippen LogP contribution is 2.34. The van der Waals surface area contributed by atoms with Gasteiger partial charge in [0.15, 0.2) is 6.29 Å². The third kappa shape index (κ3) is 5.52. The SMILES string of the molecule is CC(=O)N[C@H]1[C@H]([C@H](O)[C@H](O)CO)O[C@@](OC[C@H]2OC(O)[C@H](O)[C@@H](O)[C@@H]2O)(C(=O)O)C[C@@H]1O. The molecule has 15 heteroatoms. The number of aliphatic carboxylic acids is 1. The second-order valence-electron chi connectivity index (χ2n) is 7.73. The molecule has 0 aromatic carbocycles. The highest BCUT2D eigenvalue weighted by atomic mass is 16.7. The summed E-state index contributed by atoms with van der Waals surface area (Å²) in [5.41, 5.74) is 0. The standard InChI is InChI=1S/C17H29NO14/c1-5(20)18-9-6(21)2-17(16(28)29,32-14(9)10(23)7(22)3-19)30-4-8-11(24)12(25)13(26)15(27)31-8/h6-15,19,21-27H,2-4H2,1H3,(H,18,20)(H,28,29)/t6-,7+,8+,9+,10+,11+,12-,13+,14+,15?,17+/m0/s1. The second kappa shape index (κ2) is 10.6. The molecule has 10 N–H and O–H groups in total. The van der Waals surface area contributed by atoms with Crippen molar-refractivity contribution in [2.45, 2.75) is 80.3 Å². The Labute approximate surface area is 181 Å². The Hall–Kier alpha value is -1.50. The van der Waals surface area contributed by atoms with Crippen LogP contribution in [-0.2, 0) is 23.8 Å². The number of rotatable bonds is 8. The molecule has 2 aliphatic heterocycles. The lowest BCUT2D eigenvalue weighted by atomic mass is 9.88. The van der Waals surface area contributed by atoms with Crippen LogP contribution in [0.1, 0.15) is 13.3 Å². The lowest BCUT2D eigenvalue weighted by molar-refractivity contribution is -0.334. The van der Waals surface area contributed by atoms with Gasteiger partial charge in [0, 0.05) is 13.3 Å². The monoisotopic (exact) mass is 471 g/mol. The first-order valence-electron chi connectivity index (χ1n) is 9.69. The van der Waals surface area contributed by atoms with E-state index in [1.165, 1.54) is 0 Å². The summed E-state index contributed by atoms with van der Waals surface area (Å²) in [5.74, 6) is -5.15. The molecule has 11 atom stereocenters. The van der Waals surface area contributed by atoms with Gasteiger partial charge in [-0.2, -0.15) is 0 Å². The number of carboxylic acids is 1. The molecule has 15 nitrogen and oxygen atoms in total. The van der Waals surface area contributed by atoms with Crippen LogP contribution in [0.3, 0.4) is 0 Å². The van der Waals surface area contributed by atoms with Gasteiger partial charge in [-0.1, -0.05) is 0 Å².